The number of amides is 1. The number of ether oxygens (including phenoxy) is 1. The van der Waals surface area contributed by atoms with Gasteiger partial charge in [0.1, 0.15) is 12.4 Å². The summed E-state index contributed by atoms with van der Waals surface area (Å²) in [7, 11) is 3.73. The topological polar surface area (TPSA) is 67.6 Å². The molecule has 0 spiro atoms. The molecule has 164 valence electrons. The molecule has 29 heavy (non-hydrogen) atoms. The number of nitrogens with one attached hydrogen (secondary N) is 1. The molecule has 3 N–H and O–H groups in total. The van der Waals surface area contributed by atoms with E-state index in [1.807, 2.05) is 43.3 Å². The number of primary amides is 1. The standard InChI is InChI=1S/C21H29N3O2.3ClH/c1-24(2)19(21(22)25)12-13-23-14-15-26-20-11-7-6-10-18(20)16-17-8-4-3-5-9-17;;;/h3-11,19,23H,12-16H2,1-2H3,(H2,22,25);3*1H. The van der Waals surface area contributed by atoms with Crippen LogP contribution in [0.4, 0.5) is 0 Å². The van der Waals surface area contributed by atoms with Gasteiger partial charge in [0.25, 0.3) is 0 Å². The first-order chi connectivity index (χ1) is 12.6. The van der Waals surface area contributed by atoms with E-state index in [1.54, 1.807) is 0 Å². The fraction of sp³-hybridized carbons (Fsp3) is 0.381. The fourth-order valence-corrected chi connectivity index (χ4v) is 2.86. The quantitative estimate of drug-likeness (QED) is 0.501. The van der Waals surface area contributed by atoms with Gasteiger partial charge in [0, 0.05) is 13.0 Å². The molecule has 0 bridgehead atoms. The number of likely N-dealkylation sites (N-methyl/N-ethyl adjacent to an activating group) is 1. The minimum atomic E-state index is -0.289. The molecule has 1 atom stereocenters. The maximum absolute atomic E-state index is 11.4. The number of rotatable bonds is 11. The number of carbonyl (C=O) groups excluding carboxylic acids is 1. The second-order valence-electron chi connectivity index (χ2n) is 6.54. The molecule has 0 radical (unpaired) electrons. The Kier molecular flexibility index (Phi) is 16.7. The van der Waals surface area contributed by atoms with Crippen LogP contribution in [0.2, 0.25) is 0 Å². The Hall–Kier alpha value is -1.50. The van der Waals surface area contributed by atoms with Crippen LogP contribution in [0.15, 0.2) is 54.6 Å². The van der Waals surface area contributed by atoms with Crippen LogP contribution in [0.25, 0.3) is 0 Å². The normalized spacial score (nSPS) is 10.9. The second kappa shape index (κ2) is 16.3. The second-order valence-corrected chi connectivity index (χ2v) is 6.54. The van der Waals surface area contributed by atoms with E-state index in [-0.39, 0.29) is 49.2 Å². The van der Waals surface area contributed by atoms with Crippen molar-refractivity contribution >= 4 is 43.1 Å². The monoisotopic (exact) mass is 463 g/mol. The van der Waals surface area contributed by atoms with Crippen LogP contribution in [-0.4, -0.2) is 50.6 Å². The van der Waals surface area contributed by atoms with E-state index in [0.29, 0.717) is 13.0 Å². The number of nitrogens with zero attached hydrogens (tertiary/aromatic N) is 1. The first-order valence-electron chi connectivity index (χ1n) is 8.99. The predicted octanol–water partition coefficient (Wildman–Crippen LogP) is 3.32. The lowest BCUT2D eigenvalue weighted by Gasteiger charge is -2.21. The number of hydrogen-bond donors (Lipinski definition) is 2. The van der Waals surface area contributed by atoms with Crippen molar-refractivity contribution in [1.82, 2.24) is 10.2 Å². The van der Waals surface area contributed by atoms with Gasteiger partial charge in [0.2, 0.25) is 5.91 Å². The molecule has 2 rings (SSSR count). The third kappa shape index (κ3) is 10.7. The first kappa shape index (κ1) is 29.7. The van der Waals surface area contributed by atoms with Gasteiger partial charge in [-0.05, 0) is 44.3 Å². The van der Waals surface area contributed by atoms with Crippen molar-refractivity contribution in [2.75, 3.05) is 33.8 Å². The molecule has 0 heterocycles. The highest BCUT2D eigenvalue weighted by Crippen LogP contribution is 2.21. The summed E-state index contributed by atoms with van der Waals surface area (Å²) in [6.07, 6.45) is 1.54. The predicted molar refractivity (Wildman–Crippen MR) is 127 cm³/mol. The molecule has 0 aliphatic heterocycles. The van der Waals surface area contributed by atoms with E-state index in [1.165, 1.54) is 11.1 Å². The number of benzene rings is 2. The Morgan fingerprint density at radius 3 is 2.24 bits per heavy atom. The molecule has 5 nitrogen and oxygen atoms in total. The maximum Gasteiger partial charge on any atom is 0.234 e. The molecule has 8 heteroatoms. The van der Waals surface area contributed by atoms with Crippen molar-refractivity contribution < 1.29 is 9.53 Å². The summed E-state index contributed by atoms with van der Waals surface area (Å²) in [5.41, 5.74) is 7.85. The molecule has 2 aromatic rings. The van der Waals surface area contributed by atoms with Crippen molar-refractivity contribution in [3.05, 3.63) is 65.7 Å². The van der Waals surface area contributed by atoms with Crippen molar-refractivity contribution in [3.8, 4) is 5.75 Å². The van der Waals surface area contributed by atoms with Crippen LogP contribution in [0, 0.1) is 0 Å². The van der Waals surface area contributed by atoms with Crippen molar-refractivity contribution in [2.24, 2.45) is 5.73 Å². The van der Waals surface area contributed by atoms with Crippen LogP contribution in [0.5, 0.6) is 5.75 Å². The van der Waals surface area contributed by atoms with Gasteiger partial charge in [-0.3, -0.25) is 9.69 Å². The summed E-state index contributed by atoms with van der Waals surface area (Å²) in [6.45, 7) is 2.02. The lowest BCUT2D eigenvalue weighted by molar-refractivity contribution is -0.122. The van der Waals surface area contributed by atoms with Crippen LogP contribution in [-0.2, 0) is 11.2 Å². The highest BCUT2D eigenvalue weighted by Gasteiger charge is 2.16. The van der Waals surface area contributed by atoms with E-state index >= 15 is 0 Å². The molecule has 2 aromatic carbocycles. The van der Waals surface area contributed by atoms with Crippen LogP contribution >= 0.6 is 37.2 Å². The third-order valence-electron chi connectivity index (χ3n) is 4.29. The van der Waals surface area contributed by atoms with Crippen molar-refractivity contribution in [1.29, 1.82) is 0 Å². The van der Waals surface area contributed by atoms with Crippen LogP contribution < -0.4 is 15.8 Å². The minimum absolute atomic E-state index is 0. The van der Waals surface area contributed by atoms with E-state index in [4.69, 9.17) is 10.5 Å². The van der Waals surface area contributed by atoms with Crippen molar-refractivity contribution in [3.63, 3.8) is 0 Å². The summed E-state index contributed by atoms with van der Waals surface area (Å²) >= 11 is 0. The number of nitrogens with two attached hydrogens (primary N) is 1. The van der Waals surface area contributed by atoms with E-state index < -0.39 is 0 Å². The molecule has 0 saturated carbocycles. The highest BCUT2D eigenvalue weighted by molar-refractivity contribution is 5.86. The summed E-state index contributed by atoms with van der Waals surface area (Å²) in [4.78, 5) is 13.2. The van der Waals surface area contributed by atoms with Crippen molar-refractivity contribution in [2.45, 2.75) is 18.9 Å². The Labute approximate surface area is 192 Å². The molecule has 1 unspecified atom stereocenters. The smallest absolute Gasteiger partial charge is 0.234 e. The van der Waals surface area contributed by atoms with Gasteiger partial charge in [-0.15, -0.1) is 37.2 Å². The number of hydrogen-bond acceptors (Lipinski definition) is 4. The summed E-state index contributed by atoms with van der Waals surface area (Å²) < 4.78 is 5.95. The third-order valence-corrected chi connectivity index (χ3v) is 4.29. The van der Waals surface area contributed by atoms with Gasteiger partial charge in [-0.1, -0.05) is 48.5 Å². The number of para-hydroxylation sites is 1. The zero-order valence-corrected chi connectivity index (χ0v) is 19.3. The summed E-state index contributed by atoms with van der Waals surface area (Å²) in [5, 5.41) is 3.31. The minimum Gasteiger partial charge on any atom is -0.492 e. The summed E-state index contributed by atoms with van der Waals surface area (Å²) in [6, 6.07) is 18.3. The Balaban J connectivity index is 0. The van der Waals surface area contributed by atoms with Gasteiger partial charge in [-0.25, -0.2) is 0 Å². The lowest BCUT2D eigenvalue weighted by Crippen LogP contribution is -2.42. The molecule has 1 amide bonds. The van der Waals surface area contributed by atoms with Gasteiger partial charge in [0.15, 0.2) is 0 Å². The molecule has 0 fully saturated rings. The number of carbonyl (C=O) groups is 1. The Morgan fingerprint density at radius 1 is 1.00 bits per heavy atom. The SMILES string of the molecule is CN(C)C(CCNCCOc1ccccc1Cc1ccccc1)C(N)=O.Cl.Cl.Cl. The van der Waals surface area contributed by atoms with Crippen LogP contribution in [0.3, 0.4) is 0 Å². The van der Waals surface area contributed by atoms with Gasteiger partial charge >= 0.3 is 0 Å². The highest BCUT2D eigenvalue weighted by atomic mass is 35.5. The molecular formula is C21H32Cl3N3O2. The lowest BCUT2D eigenvalue weighted by atomic mass is 10.0. The maximum atomic E-state index is 11.4. The average molecular weight is 465 g/mol. The molecule has 0 aromatic heterocycles. The average Bonchev–Trinajstić information content (AvgIpc) is 2.62. The summed E-state index contributed by atoms with van der Waals surface area (Å²) in [5.74, 6) is 0.629. The van der Waals surface area contributed by atoms with Gasteiger partial charge < -0.3 is 15.8 Å². The molecular weight excluding hydrogens is 433 g/mol. The Morgan fingerprint density at radius 2 is 1.62 bits per heavy atom. The molecule has 0 saturated heterocycles. The Bertz CT molecular complexity index is 688. The van der Waals surface area contributed by atoms with Gasteiger partial charge in [0.05, 0.1) is 6.04 Å². The largest absolute Gasteiger partial charge is 0.492 e. The first-order valence-corrected chi connectivity index (χ1v) is 8.99. The van der Waals surface area contributed by atoms with E-state index in [2.05, 4.69) is 35.6 Å². The fourth-order valence-electron chi connectivity index (χ4n) is 2.86. The zero-order chi connectivity index (χ0) is 18.8. The number of halogens is 3. The zero-order valence-electron chi connectivity index (χ0n) is 16.9. The molecule has 0 aliphatic carbocycles. The van der Waals surface area contributed by atoms with E-state index in [0.717, 1.165) is 25.3 Å². The van der Waals surface area contributed by atoms with Gasteiger partial charge in [-0.2, -0.15) is 0 Å². The van der Waals surface area contributed by atoms with E-state index in [9.17, 15) is 4.79 Å². The van der Waals surface area contributed by atoms with Crippen LogP contribution in [0.1, 0.15) is 17.5 Å². The molecule has 0 aliphatic rings.